The van der Waals surface area contributed by atoms with Gasteiger partial charge in [-0.05, 0) is 86.7 Å². The lowest BCUT2D eigenvalue weighted by Gasteiger charge is -2.08. The summed E-state index contributed by atoms with van der Waals surface area (Å²) in [5, 5.41) is 0. The van der Waals surface area contributed by atoms with E-state index in [-0.39, 0.29) is 18.0 Å². The predicted molar refractivity (Wildman–Crippen MR) is 126 cm³/mol. The summed E-state index contributed by atoms with van der Waals surface area (Å²) in [7, 11) is 0. The zero-order chi connectivity index (χ0) is 19.2. The van der Waals surface area contributed by atoms with E-state index in [9.17, 15) is 9.59 Å². The highest BCUT2D eigenvalue weighted by Gasteiger charge is 2.13. The first kappa shape index (κ1) is 19.9. The van der Waals surface area contributed by atoms with Gasteiger partial charge in [0.15, 0.2) is 11.6 Å². The van der Waals surface area contributed by atoms with Gasteiger partial charge in [0.1, 0.15) is 0 Å². The van der Waals surface area contributed by atoms with E-state index in [1.54, 1.807) is 6.08 Å². The number of allylic oxidation sites excluding steroid dienone is 2. The molecule has 0 fully saturated rings. The molecule has 0 amide bonds. The maximum absolute atomic E-state index is 12.7. The van der Waals surface area contributed by atoms with E-state index in [4.69, 9.17) is 0 Å². The molecule has 134 valence electrons. The van der Waals surface area contributed by atoms with Crippen molar-refractivity contribution in [3.63, 3.8) is 0 Å². The quantitative estimate of drug-likeness (QED) is 0.192. The molecule has 0 N–H and O–H groups in total. The van der Waals surface area contributed by atoms with Gasteiger partial charge in [0, 0.05) is 24.7 Å². The van der Waals surface area contributed by atoms with Crippen molar-refractivity contribution in [3.8, 4) is 0 Å². The van der Waals surface area contributed by atoms with Gasteiger partial charge in [0.2, 0.25) is 0 Å². The lowest BCUT2D eigenvalue weighted by Crippen LogP contribution is -2.03. The van der Waals surface area contributed by atoms with Crippen molar-refractivity contribution in [1.29, 1.82) is 0 Å². The van der Waals surface area contributed by atoms with Crippen LogP contribution in [0.1, 0.15) is 32.7 Å². The minimum Gasteiger partial charge on any atom is -0.294 e. The first-order valence-corrected chi connectivity index (χ1v) is 10.5. The molecule has 0 unspecified atom stereocenters. The highest BCUT2D eigenvalue weighted by molar-refractivity contribution is 14.1. The van der Waals surface area contributed by atoms with Crippen LogP contribution >= 0.6 is 45.2 Å². The fourth-order valence-corrected chi connectivity index (χ4v) is 3.37. The third kappa shape index (κ3) is 5.59. The zero-order valence-electron chi connectivity index (χ0n) is 14.4. The smallest absolute Gasteiger partial charge is 0.186 e. The van der Waals surface area contributed by atoms with E-state index < -0.39 is 0 Å². The average molecular weight is 578 g/mol. The Bertz CT molecular complexity index is 973. The Labute approximate surface area is 186 Å². The van der Waals surface area contributed by atoms with Gasteiger partial charge in [-0.3, -0.25) is 9.59 Å². The van der Waals surface area contributed by atoms with Crippen LogP contribution in [0.3, 0.4) is 0 Å². The highest BCUT2D eigenvalue weighted by atomic mass is 127. The number of carbonyl (C=O) groups is 2. The lowest BCUT2D eigenvalue weighted by molar-refractivity contribution is 0.0998. The normalized spacial score (nSPS) is 11.3. The zero-order valence-corrected chi connectivity index (χ0v) is 18.7. The Morgan fingerprint density at radius 2 is 1.19 bits per heavy atom. The van der Waals surface area contributed by atoms with Gasteiger partial charge in [-0.1, -0.05) is 54.6 Å². The Balaban J connectivity index is 1.91. The molecule has 27 heavy (non-hydrogen) atoms. The minimum absolute atomic E-state index is 0.00286. The lowest BCUT2D eigenvalue weighted by atomic mass is 9.95. The van der Waals surface area contributed by atoms with Gasteiger partial charge in [-0.25, -0.2) is 0 Å². The van der Waals surface area contributed by atoms with Crippen molar-refractivity contribution in [2.24, 2.45) is 0 Å². The molecule has 0 saturated heterocycles. The molecule has 0 atom stereocenters. The molecule has 0 aliphatic heterocycles. The number of Topliss-reactive ketones (excluding diaryl/α,β-unsaturated/α-hetero) is 1. The molecule has 3 aromatic rings. The molecule has 3 rings (SSSR count). The van der Waals surface area contributed by atoms with E-state index >= 15 is 0 Å². The minimum atomic E-state index is -0.0966. The summed E-state index contributed by atoms with van der Waals surface area (Å²) in [6.07, 6.45) is 1.77. The van der Waals surface area contributed by atoms with Gasteiger partial charge >= 0.3 is 0 Å². The summed E-state index contributed by atoms with van der Waals surface area (Å²) in [5.41, 5.74) is 2.88. The van der Waals surface area contributed by atoms with Crippen molar-refractivity contribution in [2.45, 2.75) is 6.42 Å². The fraction of sp³-hybridized carbons (Fsp3) is 0.0435. The first-order valence-electron chi connectivity index (χ1n) is 8.37. The van der Waals surface area contributed by atoms with Crippen LogP contribution in [0, 0.1) is 7.14 Å². The van der Waals surface area contributed by atoms with Crippen LogP contribution in [0.2, 0.25) is 0 Å². The molecular weight excluding hydrogens is 562 g/mol. The van der Waals surface area contributed by atoms with E-state index in [0.717, 1.165) is 18.3 Å². The SMILES string of the molecule is O=C(/C=C(\CC(=O)c1ccc(I)cc1)c1ccccc1)c1ccc(I)cc1. The fourth-order valence-electron chi connectivity index (χ4n) is 2.66. The van der Waals surface area contributed by atoms with Crippen LogP contribution in [0.25, 0.3) is 5.57 Å². The molecule has 0 aliphatic carbocycles. The topological polar surface area (TPSA) is 34.1 Å². The van der Waals surface area contributed by atoms with Crippen molar-refractivity contribution in [2.75, 3.05) is 0 Å². The summed E-state index contributed by atoms with van der Waals surface area (Å²) in [5.74, 6) is -0.0995. The van der Waals surface area contributed by atoms with Crippen molar-refractivity contribution < 1.29 is 9.59 Å². The van der Waals surface area contributed by atoms with Crippen LogP contribution in [-0.4, -0.2) is 11.6 Å². The Hall–Kier alpha value is -1.80. The predicted octanol–water partition coefficient (Wildman–Crippen LogP) is 6.44. The third-order valence-corrected chi connectivity index (χ3v) is 5.53. The van der Waals surface area contributed by atoms with Crippen LogP contribution in [0.5, 0.6) is 0 Å². The van der Waals surface area contributed by atoms with Crippen molar-refractivity contribution in [3.05, 3.63) is 109 Å². The second kappa shape index (κ2) is 9.41. The van der Waals surface area contributed by atoms with Crippen molar-refractivity contribution in [1.82, 2.24) is 0 Å². The number of rotatable bonds is 6. The van der Waals surface area contributed by atoms with Crippen molar-refractivity contribution >= 4 is 62.3 Å². The average Bonchev–Trinajstić information content (AvgIpc) is 2.69. The van der Waals surface area contributed by atoms with E-state index in [1.807, 2.05) is 78.9 Å². The van der Waals surface area contributed by atoms with Gasteiger partial charge in [0.25, 0.3) is 0 Å². The molecule has 2 nitrogen and oxygen atoms in total. The summed E-state index contributed by atoms with van der Waals surface area (Å²) < 4.78 is 2.15. The van der Waals surface area contributed by atoms with Gasteiger partial charge in [-0.2, -0.15) is 0 Å². The second-order valence-corrected chi connectivity index (χ2v) is 8.50. The van der Waals surface area contributed by atoms with Gasteiger partial charge < -0.3 is 0 Å². The molecule has 4 heteroatoms. The summed E-state index contributed by atoms with van der Waals surface area (Å²) >= 11 is 4.42. The molecular formula is C23H16I2O2. The molecule has 0 aromatic heterocycles. The molecule has 0 spiro atoms. The maximum Gasteiger partial charge on any atom is 0.186 e. The van der Waals surface area contributed by atoms with E-state index in [0.29, 0.717) is 11.1 Å². The number of carbonyl (C=O) groups excluding carboxylic acids is 2. The Kier molecular flexibility index (Phi) is 6.95. The van der Waals surface area contributed by atoms with Gasteiger partial charge in [-0.15, -0.1) is 0 Å². The molecule has 0 heterocycles. The molecule has 0 saturated carbocycles. The summed E-state index contributed by atoms with van der Waals surface area (Å²) in [6.45, 7) is 0. The first-order chi connectivity index (χ1) is 13.0. The summed E-state index contributed by atoms with van der Waals surface area (Å²) in [6, 6.07) is 24.5. The van der Waals surface area contributed by atoms with E-state index in [2.05, 4.69) is 45.2 Å². The Morgan fingerprint density at radius 1 is 0.667 bits per heavy atom. The van der Waals surface area contributed by atoms with Crippen LogP contribution in [0.4, 0.5) is 0 Å². The molecule has 0 radical (unpaired) electrons. The number of ketones is 2. The van der Waals surface area contributed by atoms with E-state index in [1.165, 1.54) is 0 Å². The van der Waals surface area contributed by atoms with Gasteiger partial charge in [0.05, 0.1) is 0 Å². The maximum atomic E-state index is 12.7. The van der Waals surface area contributed by atoms with Crippen LogP contribution in [0.15, 0.2) is 84.9 Å². The molecule has 0 bridgehead atoms. The molecule has 0 aliphatic rings. The largest absolute Gasteiger partial charge is 0.294 e. The molecule has 3 aromatic carbocycles. The number of hydrogen-bond donors (Lipinski definition) is 0. The highest BCUT2D eigenvalue weighted by Crippen LogP contribution is 2.22. The standard InChI is InChI=1S/C23H16I2O2/c24-20-10-6-17(7-11-20)22(26)14-19(16-4-2-1-3-5-16)15-23(27)18-8-12-21(25)13-9-18/h1-14H,15H2/b19-14+. The Morgan fingerprint density at radius 3 is 1.74 bits per heavy atom. The number of benzene rings is 3. The van der Waals surface area contributed by atoms with Crippen LogP contribution in [-0.2, 0) is 0 Å². The number of hydrogen-bond acceptors (Lipinski definition) is 2. The number of halogens is 2. The second-order valence-electron chi connectivity index (χ2n) is 6.01. The monoisotopic (exact) mass is 578 g/mol. The third-order valence-electron chi connectivity index (χ3n) is 4.10. The van der Waals surface area contributed by atoms with Crippen LogP contribution < -0.4 is 0 Å². The summed E-state index contributed by atoms with van der Waals surface area (Å²) in [4.78, 5) is 25.5.